The van der Waals surface area contributed by atoms with Crippen LogP contribution >= 0.6 is 0 Å². The Labute approximate surface area is 205 Å². The molecule has 5 rings (SSSR count). The Morgan fingerprint density at radius 1 is 1.06 bits per heavy atom. The molecule has 2 aromatic heterocycles. The molecular formula is C27H32N6O2. The van der Waals surface area contributed by atoms with Gasteiger partial charge < -0.3 is 20.5 Å². The van der Waals surface area contributed by atoms with Crippen LogP contribution < -0.4 is 11.1 Å². The number of nitrogens with one attached hydrogen (secondary N) is 1. The van der Waals surface area contributed by atoms with E-state index in [0.29, 0.717) is 31.9 Å². The normalized spacial score (nSPS) is 17.9. The van der Waals surface area contributed by atoms with Crippen molar-refractivity contribution < 1.29 is 9.47 Å². The van der Waals surface area contributed by atoms with E-state index in [0.717, 1.165) is 29.8 Å². The number of nitrogens with zero attached hydrogens (tertiary/aromatic N) is 4. The number of nitrogens with two attached hydrogens (primary N) is 1. The summed E-state index contributed by atoms with van der Waals surface area (Å²) in [5.41, 5.74) is 9.85. The largest absolute Gasteiger partial charge is 0.382 e. The minimum absolute atomic E-state index is 0.0860. The Bertz CT molecular complexity index is 1190. The quantitative estimate of drug-likeness (QED) is 0.361. The smallest absolute Gasteiger partial charge is 0.167 e. The number of imidazole rings is 1. The van der Waals surface area contributed by atoms with E-state index in [1.165, 1.54) is 11.1 Å². The fourth-order valence-electron chi connectivity index (χ4n) is 4.73. The molecule has 8 nitrogen and oxygen atoms in total. The molecule has 0 aliphatic carbocycles. The van der Waals surface area contributed by atoms with Crippen LogP contribution in [0.3, 0.4) is 0 Å². The van der Waals surface area contributed by atoms with Gasteiger partial charge in [-0.05, 0) is 30.5 Å². The number of ether oxygens (including phenoxy) is 2. The van der Waals surface area contributed by atoms with Crippen LogP contribution in [-0.4, -0.2) is 52.4 Å². The van der Waals surface area contributed by atoms with Crippen LogP contribution in [0, 0.1) is 0 Å². The average Bonchev–Trinajstić information content (AvgIpc) is 3.53. The van der Waals surface area contributed by atoms with Crippen LogP contribution in [0.25, 0.3) is 11.2 Å². The first kappa shape index (κ1) is 23.4. The highest BCUT2D eigenvalue weighted by atomic mass is 16.5. The van der Waals surface area contributed by atoms with Crippen molar-refractivity contribution in [3.05, 3.63) is 83.9 Å². The predicted octanol–water partition coefficient (Wildman–Crippen LogP) is 3.90. The zero-order valence-corrected chi connectivity index (χ0v) is 20.0. The van der Waals surface area contributed by atoms with Gasteiger partial charge in [0.15, 0.2) is 17.0 Å². The Hall–Kier alpha value is -3.33. The van der Waals surface area contributed by atoms with Crippen molar-refractivity contribution in [1.82, 2.24) is 19.5 Å². The van der Waals surface area contributed by atoms with Crippen molar-refractivity contribution in [2.24, 2.45) is 5.73 Å². The fourth-order valence-corrected chi connectivity index (χ4v) is 4.73. The molecular weight excluding hydrogens is 440 g/mol. The summed E-state index contributed by atoms with van der Waals surface area (Å²) in [4.78, 5) is 14.3. The summed E-state index contributed by atoms with van der Waals surface area (Å²) >= 11 is 0. The highest BCUT2D eigenvalue weighted by Gasteiger charge is 2.28. The molecule has 3 N–H and O–H groups in total. The van der Waals surface area contributed by atoms with E-state index < -0.39 is 0 Å². The highest BCUT2D eigenvalue weighted by molar-refractivity contribution is 5.83. The van der Waals surface area contributed by atoms with E-state index in [-0.39, 0.29) is 18.2 Å². The molecule has 8 heteroatoms. The number of fused-ring (bicyclic) bond motifs is 1. The predicted molar refractivity (Wildman–Crippen MR) is 136 cm³/mol. The molecule has 2 unspecified atom stereocenters. The molecule has 2 aromatic carbocycles. The molecule has 1 aliphatic rings. The summed E-state index contributed by atoms with van der Waals surface area (Å²) in [6.45, 7) is 1.74. The Kier molecular flexibility index (Phi) is 7.32. The summed E-state index contributed by atoms with van der Waals surface area (Å²) in [6, 6.07) is 21.0. The first-order chi connectivity index (χ1) is 17.3. The summed E-state index contributed by atoms with van der Waals surface area (Å²) in [5, 5.41) is 3.59. The van der Waals surface area contributed by atoms with Gasteiger partial charge in [0.25, 0.3) is 0 Å². The van der Waals surface area contributed by atoms with Crippen LogP contribution in [0.2, 0.25) is 0 Å². The third-order valence-electron chi connectivity index (χ3n) is 6.46. The van der Waals surface area contributed by atoms with E-state index in [2.05, 4.69) is 53.8 Å². The third-order valence-corrected chi connectivity index (χ3v) is 6.46. The molecule has 1 saturated heterocycles. The number of aromatic nitrogens is 4. The molecule has 0 spiro atoms. The van der Waals surface area contributed by atoms with E-state index in [9.17, 15) is 0 Å². The van der Waals surface area contributed by atoms with Crippen molar-refractivity contribution in [3.8, 4) is 0 Å². The minimum Gasteiger partial charge on any atom is -0.382 e. The third kappa shape index (κ3) is 5.19. The number of anilines is 1. The number of rotatable bonds is 10. The Morgan fingerprint density at radius 2 is 1.77 bits per heavy atom. The zero-order chi connectivity index (χ0) is 24.0. The van der Waals surface area contributed by atoms with Gasteiger partial charge in [-0.25, -0.2) is 15.0 Å². The number of hydrogen-bond donors (Lipinski definition) is 2. The molecule has 1 fully saturated rings. The maximum atomic E-state index is 6.20. The topological polar surface area (TPSA) is 100 Å². The molecule has 182 valence electrons. The van der Waals surface area contributed by atoms with Gasteiger partial charge in [0.2, 0.25) is 0 Å². The van der Waals surface area contributed by atoms with Crippen LogP contribution in [0.15, 0.2) is 67.0 Å². The Morgan fingerprint density at radius 3 is 2.43 bits per heavy atom. The van der Waals surface area contributed by atoms with Crippen LogP contribution in [-0.2, 0) is 15.9 Å². The average molecular weight is 473 g/mol. The molecule has 1 aliphatic heterocycles. The van der Waals surface area contributed by atoms with Gasteiger partial charge in [0.1, 0.15) is 12.1 Å². The lowest BCUT2D eigenvalue weighted by molar-refractivity contribution is -0.0300. The fraction of sp³-hybridized carbons (Fsp3) is 0.370. The zero-order valence-electron chi connectivity index (χ0n) is 20.0. The standard InChI is InChI=1S/C27H32N6O2/c1-34-17-21-12-13-24(35-21)33-18-30-25-26(31-23(14-15-28)32-27(25)33)29-16-22(19-8-4-2-5-9-19)20-10-6-3-7-11-20/h2-11,18,21-22,24H,12-17,28H2,1H3,(H,29,31,32). The SMILES string of the molecule is COCC1CCC(n2cnc3c(NCC(c4ccccc4)c4ccccc4)nc(CCN)nc32)O1. The molecule has 0 amide bonds. The number of methoxy groups -OCH3 is 1. The lowest BCUT2D eigenvalue weighted by Crippen LogP contribution is -2.17. The lowest BCUT2D eigenvalue weighted by atomic mass is 9.91. The van der Waals surface area contributed by atoms with E-state index >= 15 is 0 Å². The van der Waals surface area contributed by atoms with Gasteiger partial charge in [-0.1, -0.05) is 60.7 Å². The van der Waals surface area contributed by atoms with Gasteiger partial charge in [-0.3, -0.25) is 4.57 Å². The molecule has 0 bridgehead atoms. The van der Waals surface area contributed by atoms with Crippen LogP contribution in [0.5, 0.6) is 0 Å². The van der Waals surface area contributed by atoms with Gasteiger partial charge in [0, 0.05) is 26.0 Å². The monoisotopic (exact) mass is 472 g/mol. The molecule has 0 radical (unpaired) electrons. The van der Waals surface area contributed by atoms with E-state index in [1.54, 1.807) is 7.11 Å². The minimum atomic E-state index is -0.116. The maximum Gasteiger partial charge on any atom is 0.167 e. The molecule has 2 atom stereocenters. The van der Waals surface area contributed by atoms with Crippen molar-refractivity contribution in [2.45, 2.75) is 37.5 Å². The maximum absolute atomic E-state index is 6.20. The second-order valence-electron chi connectivity index (χ2n) is 8.85. The first-order valence-corrected chi connectivity index (χ1v) is 12.2. The van der Waals surface area contributed by atoms with E-state index in [1.807, 2.05) is 23.0 Å². The van der Waals surface area contributed by atoms with Gasteiger partial charge in [0.05, 0.1) is 19.0 Å². The summed E-state index contributed by atoms with van der Waals surface area (Å²) in [7, 11) is 1.70. The summed E-state index contributed by atoms with van der Waals surface area (Å²) < 4.78 is 13.5. The summed E-state index contributed by atoms with van der Waals surface area (Å²) in [5.74, 6) is 1.59. The van der Waals surface area contributed by atoms with Crippen molar-refractivity contribution in [3.63, 3.8) is 0 Å². The van der Waals surface area contributed by atoms with Crippen molar-refractivity contribution >= 4 is 17.0 Å². The first-order valence-electron chi connectivity index (χ1n) is 12.2. The van der Waals surface area contributed by atoms with Crippen LogP contribution in [0.1, 0.15) is 41.9 Å². The molecule has 4 aromatic rings. The number of benzene rings is 2. The van der Waals surface area contributed by atoms with Gasteiger partial charge in [-0.2, -0.15) is 0 Å². The lowest BCUT2D eigenvalue weighted by Gasteiger charge is -2.20. The van der Waals surface area contributed by atoms with Gasteiger partial charge >= 0.3 is 0 Å². The van der Waals surface area contributed by atoms with Crippen LogP contribution in [0.4, 0.5) is 5.82 Å². The van der Waals surface area contributed by atoms with Crippen molar-refractivity contribution in [2.75, 3.05) is 32.1 Å². The Balaban J connectivity index is 1.46. The molecule has 35 heavy (non-hydrogen) atoms. The number of hydrogen-bond acceptors (Lipinski definition) is 7. The highest BCUT2D eigenvalue weighted by Crippen LogP contribution is 2.32. The second-order valence-corrected chi connectivity index (χ2v) is 8.85. The van der Waals surface area contributed by atoms with E-state index in [4.69, 9.17) is 30.2 Å². The van der Waals surface area contributed by atoms with Gasteiger partial charge in [-0.15, -0.1) is 0 Å². The van der Waals surface area contributed by atoms with Crippen molar-refractivity contribution in [1.29, 1.82) is 0 Å². The second kappa shape index (κ2) is 10.9. The molecule has 0 saturated carbocycles. The molecule has 3 heterocycles. The summed E-state index contributed by atoms with van der Waals surface area (Å²) in [6.07, 6.45) is 4.21.